The molecule has 0 aliphatic carbocycles. The Kier molecular flexibility index (Phi) is 7.50. The van der Waals surface area contributed by atoms with Crippen LogP contribution in [-0.2, 0) is 4.79 Å². The van der Waals surface area contributed by atoms with Crippen molar-refractivity contribution in [2.45, 2.75) is 18.6 Å². The van der Waals surface area contributed by atoms with E-state index in [1.807, 2.05) is 4.90 Å². The maximum absolute atomic E-state index is 12.8. The number of nitrogen functional groups attached to an aromatic ring is 1. The molecule has 3 atom stereocenters. The van der Waals surface area contributed by atoms with Gasteiger partial charge in [-0.05, 0) is 7.05 Å². The van der Waals surface area contributed by atoms with Crippen molar-refractivity contribution in [2.75, 3.05) is 56.9 Å². The van der Waals surface area contributed by atoms with Gasteiger partial charge in [0.1, 0.15) is 24.0 Å². The van der Waals surface area contributed by atoms with Crippen LogP contribution in [0.25, 0.3) is 0 Å². The van der Waals surface area contributed by atoms with Gasteiger partial charge in [-0.3, -0.25) is 29.6 Å². The molecule has 3 aliphatic rings. The van der Waals surface area contributed by atoms with Crippen LogP contribution in [0.5, 0.6) is 0 Å². The van der Waals surface area contributed by atoms with Crippen molar-refractivity contribution in [1.82, 2.24) is 41.4 Å². The molecule has 1 aromatic rings. The van der Waals surface area contributed by atoms with Gasteiger partial charge in [-0.15, -0.1) is 0 Å². The number of rotatable bonds is 9. The predicted octanol–water partition coefficient (Wildman–Crippen LogP) is -4.55. The molecule has 0 fully saturated rings. The first kappa shape index (κ1) is 26.2. The Labute approximate surface area is 211 Å². The molecule has 4 heterocycles. The Morgan fingerprint density at radius 2 is 1.59 bits per heavy atom. The lowest BCUT2D eigenvalue weighted by molar-refractivity contribution is -0.119. The third-order valence-corrected chi connectivity index (χ3v) is 6.37. The standard InChI is InChI=1S/C20H33N13O4/c1-25-18-29-15-12(17(35)30-18)14(24)28-20(37)33(15)7-5-31(3-2-21)4-6-32-9-8-10(22)26-16(34)11(9)13(23)27-19(32)36/h8,13-14,18,25,29H,2-7,21,23-24H2,1H3,(H,27,36)(H,28,37)(H,30,35)(H3,22,26,34). The second-order valence-corrected chi connectivity index (χ2v) is 8.74. The summed E-state index contributed by atoms with van der Waals surface area (Å²) in [7, 11) is 1.66. The molecule has 17 heteroatoms. The molecule has 0 aromatic carbocycles. The van der Waals surface area contributed by atoms with E-state index >= 15 is 0 Å². The third kappa shape index (κ3) is 5.16. The number of anilines is 2. The number of H-pyrrole nitrogens is 1. The Morgan fingerprint density at radius 3 is 2.27 bits per heavy atom. The fourth-order valence-corrected chi connectivity index (χ4v) is 4.54. The van der Waals surface area contributed by atoms with Crippen molar-refractivity contribution in [1.29, 1.82) is 0 Å². The number of carbonyl (C=O) groups is 3. The number of urea groups is 2. The molecule has 17 nitrogen and oxygen atoms in total. The molecule has 1 aromatic heterocycles. The monoisotopic (exact) mass is 519 g/mol. The number of fused-ring (bicyclic) bond motifs is 1. The highest BCUT2D eigenvalue weighted by Crippen LogP contribution is 2.27. The quantitative estimate of drug-likeness (QED) is 0.148. The summed E-state index contributed by atoms with van der Waals surface area (Å²) in [5.74, 6) is 0.0310. The van der Waals surface area contributed by atoms with Crippen molar-refractivity contribution < 1.29 is 14.4 Å². The summed E-state index contributed by atoms with van der Waals surface area (Å²) < 4.78 is 0. The van der Waals surface area contributed by atoms with E-state index in [4.69, 9.17) is 22.9 Å². The molecule has 0 spiro atoms. The van der Waals surface area contributed by atoms with E-state index < -0.39 is 42.1 Å². The number of hydrogen-bond acceptors (Lipinski definition) is 11. The normalized spacial score (nSPS) is 23.3. The zero-order valence-electron chi connectivity index (χ0n) is 20.3. The van der Waals surface area contributed by atoms with Gasteiger partial charge in [0, 0.05) is 45.3 Å². The maximum Gasteiger partial charge on any atom is 0.324 e. The second-order valence-electron chi connectivity index (χ2n) is 8.74. The molecule has 0 saturated heterocycles. The van der Waals surface area contributed by atoms with Crippen LogP contribution in [0.15, 0.2) is 22.3 Å². The fourth-order valence-electron chi connectivity index (χ4n) is 4.54. The van der Waals surface area contributed by atoms with Crippen molar-refractivity contribution >= 4 is 29.5 Å². The van der Waals surface area contributed by atoms with Gasteiger partial charge in [0.05, 0.1) is 16.8 Å². The zero-order valence-corrected chi connectivity index (χ0v) is 20.3. The largest absolute Gasteiger partial charge is 0.385 e. The molecule has 202 valence electrons. The first-order chi connectivity index (χ1) is 17.6. The highest BCUT2D eigenvalue weighted by Gasteiger charge is 2.39. The lowest BCUT2D eigenvalue weighted by Crippen LogP contribution is -2.67. The number of carbonyl (C=O) groups excluding carboxylic acids is 3. The average molecular weight is 520 g/mol. The van der Waals surface area contributed by atoms with E-state index in [0.717, 1.165) is 0 Å². The van der Waals surface area contributed by atoms with Crippen LogP contribution in [-0.4, -0.2) is 91.5 Å². The second kappa shape index (κ2) is 10.6. The highest BCUT2D eigenvalue weighted by molar-refractivity contribution is 5.99. The molecule has 0 saturated carbocycles. The van der Waals surface area contributed by atoms with Crippen LogP contribution < -0.4 is 60.0 Å². The molecule has 5 amide bonds. The zero-order chi connectivity index (χ0) is 26.9. The predicted molar refractivity (Wildman–Crippen MR) is 134 cm³/mol. The summed E-state index contributed by atoms with van der Waals surface area (Å²) in [6.07, 6.45) is -2.49. The Hall–Kier alpha value is -3.90. The minimum Gasteiger partial charge on any atom is -0.385 e. The van der Waals surface area contributed by atoms with E-state index in [1.54, 1.807) is 7.05 Å². The summed E-state index contributed by atoms with van der Waals surface area (Å²) in [5.41, 5.74) is 23.8. The number of amides is 5. The number of nitrogens with zero attached hydrogens (tertiary/aromatic N) is 3. The summed E-state index contributed by atoms with van der Waals surface area (Å²) >= 11 is 0. The molecule has 0 radical (unpaired) electrons. The van der Waals surface area contributed by atoms with E-state index in [2.05, 4.69) is 31.6 Å². The van der Waals surface area contributed by atoms with Gasteiger partial charge in [-0.25, -0.2) is 9.59 Å². The van der Waals surface area contributed by atoms with Crippen molar-refractivity contribution in [3.05, 3.63) is 33.4 Å². The van der Waals surface area contributed by atoms with Crippen LogP contribution in [0.2, 0.25) is 0 Å². The SMILES string of the molecule is CNC1NC(=O)C2=C(N1)N(CCN(CCN)CCN1C(=O)NC(N)c3c1cc(N)[nH]c3=O)C(=O)NC2N. The van der Waals surface area contributed by atoms with Crippen molar-refractivity contribution in [3.8, 4) is 0 Å². The smallest absolute Gasteiger partial charge is 0.324 e. The van der Waals surface area contributed by atoms with Crippen LogP contribution in [0.1, 0.15) is 11.7 Å². The summed E-state index contributed by atoms with van der Waals surface area (Å²) in [4.78, 5) is 57.7. The molecular weight excluding hydrogens is 486 g/mol. The van der Waals surface area contributed by atoms with E-state index in [1.165, 1.54) is 15.9 Å². The van der Waals surface area contributed by atoms with Gasteiger partial charge in [-0.1, -0.05) is 0 Å². The minimum atomic E-state index is -0.962. The van der Waals surface area contributed by atoms with Gasteiger partial charge in [0.15, 0.2) is 6.29 Å². The number of aromatic amines is 1. The number of nitrogens with one attached hydrogen (secondary N) is 6. The lowest BCUT2D eigenvalue weighted by atomic mass is 10.1. The maximum atomic E-state index is 12.8. The minimum absolute atomic E-state index is 0.108. The van der Waals surface area contributed by atoms with Gasteiger partial charge in [-0.2, -0.15) is 0 Å². The van der Waals surface area contributed by atoms with Gasteiger partial charge in [0.25, 0.3) is 11.5 Å². The number of aromatic nitrogens is 1. The molecule has 0 bridgehead atoms. The summed E-state index contributed by atoms with van der Waals surface area (Å²) in [6, 6.07) is 0.576. The highest BCUT2D eigenvalue weighted by atomic mass is 16.2. The third-order valence-electron chi connectivity index (χ3n) is 6.37. The molecule has 37 heavy (non-hydrogen) atoms. The van der Waals surface area contributed by atoms with E-state index in [9.17, 15) is 19.2 Å². The van der Waals surface area contributed by atoms with Crippen molar-refractivity contribution in [3.63, 3.8) is 0 Å². The van der Waals surface area contributed by atoms with Crippen LogP contribution in [0.4, 0.5) is 21.1 Å². The van der Waals surface area contributed by atoms with Gasteiger partial charge >= 0.3 is 12.1 Å². The molecule has 4 rings (SSSR count). The van der Waals surface area contributed by atoms with Crippen LogP contribution >= 0.6 is 0 Å². The van der Waals surface area contributed by atoms with E-state index in [-0.39, 0.29) is 30.0 Å². The Balaban J connectivity index is 1.49. The van der Waals surface area contributed by atoms with Gasteiger partial charge < -0.3 is 49.2 Å². The summed E-state index contributed by atoms with van der Waals surface area (Å²) in [6.45, 7) is 1.92. The first-order valence-electron chi connectivity index (χ1n) is 11.8. The van der Waals surface area contributed by atoms with Crippen LogP contribution in [0.3, 0.4) is 0 Å². The average Bonchev–Trinajstić information content (AvgIpc) is 2.82. The van der Waals surface area contributed by atoms with Crippen molar-refractivity contribution in [2.24, 2.45) is 17.2 Å². The Morgan fingerprint density at radius 1 is 0.946 bits per heavy atom. The topological polar surface area (TPSA) is 258 Å². The number of nitrogens with two attached hydrogens (primary N) is 4. The van der Waals surface area contributed by atoms with E-state index in [0.29, 0.717) is 37.7 Å². The number of hydrogen-bond donors (Lipinski definition) is 10. The molecular formula is C20H33N13O4. The fraction of sp³-hybridized carbons (Fsp3) is 0.500. The van der Waals surface area contributed by atoms with Crippen LogP contribution in [0, 0.1) is 0 Å². The Bertz CT molecular complexity index is 1170. The molecule has 3 aliphatic heterocycles. The molecule has 14 N–H and O–H groups in total. The lowest BCUT2D eigenvalue weighted by Gasteiger charge is -2.41. The van der Waals surface area contributed by atoms with Gasteiger partial charge in [0.2, 0.25) is 0 Å². The molecule has 3 unspecified atom stereocenters. The number of pyridine rings is 1. The first-order valence-corrected chi connectivity index (χ1v) is 11.8. The summed E-state index contributed by atoms with van der Waals surface area (Å²) in [5, 5.41) is 13.8.